The Hall–Kier alpha value is -2.29. The molecule has 3 N–H and O–H groups in total. The van der Waals surface area contributed by atoms with Gasteiger partial charge in [-0.15, -0.1) is 11.8 Å². The van der Waals surface area contributed by atoms with Gasteiger partial charge in [0.15, 0.2) is 0 Å². The number of sulfonamides is 1. The Morgan fingerprint density at radius 1 is 1.12 bits per heavy atom. The topological polar surface area (TPSA) is 133 Å². The van der Waals surface area contributed by atoms with Crippen molar-refractivity contribution in [2.45, 2.75) is 44.8 Å². The molecule has 2 aromatic rings. The quantitative estimate of drug-likeness (QED) is 0.376. The zero-order chi connectivity index (χ0) is 25.0. The molecule has 0 bridgehead atoms. The molecule has 182 valence electrons. The normalized spacial score (nSPS) is 14.4. The summed E-state index contributed by atoms with van der Waals surface area (Å²) in [5.74, 6) is -0.686. The van der Waals surface area contributed by atoms with Crippen LogP contribution in [0.1, 0.15) is 13.3 Å². The maximum atomic E-state index is 13.3. The Balaban J connectivity index is 2.55. The number of carbonyl (C=O) groups excluding carboxylic acids is 1. The van der Waals surface area contributed by atoms with Gasteiger partial charge in [0.25, 0.3) is 9.84 Å². The van der Waals surface area contributed by atoms with E-state index in [0.717, 1.165) is 24.1 Å². The number of alkyl halides is 3. The number of methoxy groups -OCH3 is 1. The molecule has 14 heteroatoms. The molecule has 0 saturated carbocycles. The molecule has 8 nitrogen and oxygen atoms in total. The predicted molar refractivity (Wildman–Crippen MR) is 117 cm³/mol. The molecule has 2 unspecified atom stereocenters. The molecule has 0 fully saturated rings. The third kappa shape index (κ3) is 6.85. The van der Waals surface area contributed by atoms with Crippen LogP contribution in [0.3, 0.4) is 0 Å². The molecule has 2 atom stereocenters. The molecule has 0 heterocycles. The van der Waals surface area contributed by atoms with Crippen molar-refractivity contribution in [1.82, 2.24) is 0 Å². The summed E-state index contributed by atoms with van der Waals surface area (Å²) in [6.45, 7) is 1.69. The van der Waals surface area contributed by atoms with Crippen molar-refractivity contribution in [3.8, 4) is 0 Å². The number of anilines is 1. The molecule has 0 aliphatic rings. The van der Waals surface area contributed by atoms with Gasteiger partial charge in [-0.2, -0.15) is 13.2 Å². The van der Waals surface area contributed by atoms with Crippen LogP contribution in [0.5, 0.6) is 0 Å². The zero-order valence-electron chi connectivity index (χ0n) is 17.4. The van der Waals surface area contributed by atoms with E-state index in [4.69, 9.17) is 5.14 Å². The van der Waals surface area contributed by atoms with Gasteiger partial charge in [-0.3, -0.25) is 4.79 Å². The van der Waals surface area contributed by atoms with E-state index in [1.807, 2.05) is 0 Å². The minimum absolute atomic E-state index is 0.306. The molecule has 2 rings (SSSR count). The SMILES string of the molecule is COC(=O)CC(Nc1ccc(S(N)(=O)=O)cc1S(=O)(=O)C(F)(F)F)C(C)Sc1ccccc1. The summed E-state index contributed by atoms with van der Waals surface area (Å²) in [6.07, 6.45) is -0.306. The lowest BCUT2D eigenvalue weighted by atomic mass is 10.1. The molecular formula is C19H21F3N2O6S3. The van der Waals surface area contributed by atoms with Gasteiger partial charge in [-0.05, 0) is 30.3 Å². The number of halogens is 3. The Labute approximate surface area is 193 Å². The van der Waals surface area contributed by atoms with E-state index in [9.17, 15) is 34.8 Å². The fraction of sp³-hybridized carbons (Fsp3) is 0.316. The molecule has 0 spiro atoms. The highest BCUT2D eigenvalue weighted by molar-refractivity contribution is 8.00. The largest absolute Gasteiger partial charge is 0.501 e. The summed E-state index contributed by atoms with van der Waals surface area (Å²) in [5.41, 5.74) is -6.24. The Kier molecular flexibility index (Phi) is 8.43. The van der Waals surface area contributed by atoms with Crippen molar-refractivity contribution in [2.24, 2.45) is 5.14 Å². The Morgan fingerprint density at radius 3 is 2.24 bits per heavy atom. The highest BCUT2D eigenvalue weighted by Crippen LogP contribution is 2.37. The van der Waals surface area contributed by atoms with E-state index >= 15 is 0 Å². The first-order valence-corrected chi connectivity index (χ1v) is 13.1. The Morgan fingerprint density at radius 2 is 1.73 bits per heavy atom. The van der Waals surface area contributed by atoms with Crippen LogP contribution in [0.25, 0.3) is 0 Å². The molecular weight excluding hydrogens is 505 g/mol. The monoisotopic (exact) mass is 526 g/mol. The van der Waals surface area contributed by atoms with E-state index in [0.29, 0.717) is 6.07 Å². The van der Waals surface area contributed by atoms with Crippen LogP contribution in [0, 0.1) is 0 Å². The standard InChI is InChI=1S/C19H21F3N2O6S3/c1-12(31-13-6-4-3-5-7-13)16(11-18(25)30-2)24-15-9-8-14(33(23,28)29)10-17(15)32(26,27)19(20,21)22/h3-10,12,16,24H,11H2,1-2H3,(H2,23,28,29). The minimum atomic E-state index is -5.96. The van der Waals surface area contributed by atoms with Crippen molar-refractivity contribution in [1.29, 1.82) is 0 Å². The van der Waals surface area contributed by atoms with Gasteiger partial charge in [-0.1, -0.05) is 25.1 Å². The van der Waals surface area contributed by atoms with Crippen molar-refractivity contribution in [2.75, 3.05) is 12.4 Å². The van der Waals surface area contributed by atoms with E-state index in [-0.39, 0.29) is 6.42 Å². The summed E-state index contributed by atoms with van der Waals surface area (Å²) in [6, 6.07) is 10.1. The van der Waals surface area contributed by atoms with Gasteiger partial charge in [0.2, 0.25) is 10.0 Å². The second-order valence-corrected chi connectivity index (χ2v) is 11.7. The number of carbonyl (C=O) groups is 1. The second-order valence-electron chi connectivity index (χ2n) is 6.82. The molecule has 0 saturated heterocycles. The molecule has 2 aromatic carbocycles. The summed E-state index contributed by atoms with van der Waals surface area (Å²) in [4.78, 5) is 10.6. The number of hydrogen-bond acceptors (Lipinski definition) is 8. The first-order chi connectivity index (χ1) is 15.2. The van der Waals surface area contributed by atoms with Crippen LogP contribution in [0.4, 0.5) is 18.9 Å². The fourth-order valence-corrected chi connectivity index (χ4v) is 5.37. The van der Waals surface area contributed by atoms with Gasteiger partial charge in [0.1, 0.15) is 4.90 Å². The van der Waals surface area contributed by atoms with Gasteiger partial charge in [0, 0.05) is 16.2 Å². The summed E-state index contributed by atoms with van der Waals surface area (Å²) < 4.78 is 92.1. The summed E-state index contributed by atoms with van der Waals surface area (Å²) >= 11 is 1.29. The molecule has 0 aromatic heterocycles. The molecule has 0 radical (unpaired) electrons. The molecule has 0 aliphatic carbocycles. The molecule has 0 aliphatic heterocycles. The first kappa shape index (κ1) is 27.0. The molecule has 33 heavy (non-hydrogen) atoms. The van der Waals surface area contributed by atoms with Crippen LogP contribution < -0.4 is 10.5 Å². The lowest BCUT2D eigenvalue weighted by Gasteiger charge is -2.26. The van der Waals surface area contributed by atoms with Crippen LogP contribution in [0.15, 0.2) is 63.2 Å². The van der Waals surface area contributed by atoms with E-state index in [2.05, 4.69) is 10.1 Å². The smallest absolute Gasteiger partial charge is 0.469 e. The van der Waals surface area contributed by atoms with Gasteiger partial charge < -0.3 is 10.1 Å². The maximum absolute atomic E-state index is 13.3. The number of rotatable bonds is 9. The highest BCUT2D eigenvalue weighted by Gasteiger charge is 2.48. The van der Waals surface area contributed by atoms with Crippen LogP contribution >= 0.6 is 11.8 Å². The zero-order valence-corrected chi connectivity index (χ0v) is 19.8. The number of thioether (sulfide) groups is 1. The van der Waals surface area contributed by atoms with E-state index < -0.39 is 58.1 Å². The number of benzene rings is 2. The van der Waals surface area contributed by atoms with Crippen molar-refractivity contribution in [3.05, 3.63) is 48.5 Å². The van der Waals surface area contributed by atoms with E-state index in [1.54, 1.807) is 37.3 Å². The summed E-state index contributed by atoms with van der Waals surface area (Å²) in [7, 11) is -9.32. The summed E-state index contributed by atoms with van der Waals surface area (Å²) in [5, 5.41) is 7.16. The average molecular weight is 527 g/mol. The number of primary sulfonamides is 1. The van der Waals surface area contributed by atoms with Crippen molar-refractivity contribution < 1.29 is 39.5 Å². The average Bonchev–Trinajstić information content (AvgIpc) is 2.72. The number of sulfone groups is 1. The van der Waals surface area contributed by atoms with Crippen LogP contribution in [-0.4, -0.2) is 46.7 Å². The van der Waals surface area contributed by atoms with Gasteiger partial charge in [-0.25, -0.2) is 22.0 Å². The maximum Gasteiger partial charge on any atom is 0.501 e. The first-order valence-electron chi connectivity index (χ1n) is 9.20. The second kappa shape index (κ2) is 10.3. The Bertz CT molecular complexity index is 1200. The number of nitrogens with two attached hydrogens (primary N) is 1. The number of nitrogens with one attached hydrogen (secondary N) is 1. The highest BCUT2D eigenvalue weighted by atomic mass is 32.2. The number of hydrogen-bond donors (Lipinski definition) is 2. The van der Waals surface area contributed by atoms with Gasteiger partial charge in [0.05, 0.1) is 24.1 Å². The molecule has 0 amide bonds. The van der Waals surface area contributed by atoms with E-state index in [1.165, 1.54) is 11.8 Å². The van der Waals surface area contributed by atoms with Crippen molar-refractivity contribution >= 4 is 43.3 Å². The lowest BCUT2D eigenvalue weighted by molar-refractivity contribution is -0.140. The van der Waals surface area contributed by atoms with Gasteiger partial charge >= 0.3 is 11.5 Å². The third-order valence-electron chi connectivity index (χ3n) is 4.46. The minimum Gasteiger partial charge on any atom is -0.469 e. The van der Waals surface area contributed by atoms with Crippen LogP contribution in [0.2, 0.25) is 0 Å². The predicted octanol–water partition coefficient (Wildman–Crippen LogP) is 3.15. The number of esters is 1. The lowest BCUT2D eigenvalue weighted by Crippen LogP contribution is -2.34. The fourth-order valence-electron chi connectivity index (χ4n) is 2.74. The van der Waals surface area contributed by atoms with Crippen LogP contribution in [-0.2, 0) is 29.4 Å². The third-order valence-corrected chi connectivity index (χ3v) is 8.14. The number of ether oxygens (including phenoxy) is 1. The van der Waals surface area contributed by atoms with Crippen molar-refractivity contribution in [3.63, 3.8) is 0 Å².